The highest BCUT2D eigenvalue weighted by atomic mass is 32.1. The number of thiocarbonyl (C=S) groups is 1. The van der Waals surface area contributed by atoms with Crippen LogP contribution < -0.4 is 16.2 Å². The van der Waals surface area contributed by atoms with E-state index in [9.17, 15) is 4.79 Å². The highest BCUT2D eigenvalue weighted by molar-refractivity contribution is 7.80. The topological polar surface area (TPSA) is 53.2 Å². The average molecular weight is 338 g/mol. The molecule has 0 spiro atoms. The van der Waals surface area contributed by atoms with Crippen LogP contribution in [0.5, 0.6) is 0 Å². The van der Waals surface area contributed by atoms with E-state index in [2.05, 4.69) is 30.0 Å². The minimum absolute atomic E-state index is 0.113. The van der Waals surface area contributed by atoms with E-state index in [1.54, 1.807) is 11.3 Å². The van der Waals surface area contributed by atoms with Crippen LogP contribution in [0.25, 0.3) is 0 Å². The Balaban J connectivity index is 1.49. The molecular weight excluding hydrogens is 314 g/mol. The fourth-order valence-corrected chi connectivity index (χ4v) is 5.06. The number of fused-ring (bicyclic) bond motifs is 2. The molecule has 1 amide bonds. The van der Waals surface area contributed by atoms with Crippen molar-refractivity contribution in [3.63, 3.8) is 0 Å². The first-order chi connectivity index (χ1) is 10.6. The van der Waals surface area contributed by atoms with E-state index < -0.39 is 0 Å². The van der Waals surface area contributed by atoms with Gasteiger partial charge in [-0.2, -0.15) is 0 Å². The first-order valence-corrected chi connectivity index (χ1v) is 9.31. The Morgan fingerprint density at radius 3 is 2.82 bits per heavy atom. The molecule has 0 unspecified atom stereocenters. The van der Waals surface area contributed by atoms with Gasteiger partial charge in [-0.05, 0) is 62.2 Å². The second-order valence-electron chi connectivity index (χ2n) is 6.37. The van der Waals surface area contributed by atoms with Gasteiger partial charge in [0.15, 0.2) is 5.11 Å². The van der Waals surface area contributed by atoms with E-state index in [0.29, 0.717) is 11.2 Å². The number of hydrazine groups is 1. The maximum absolute atomic E-state index is 12.3. The third-order valence-corrected chi connectivity index (χ3v) is 6.22. The van der Waals surface area contributed by atoms with Gasteiger partial charge in [0.2, 0.25) is 0 Å². The summed E-state index contributed by atoms with van der Waals surface area (Å²) in [4.78, 5) is 13.5. The summed E-state index contributed by atoms with van der Waals surface area (Å²) in [7, 11) is 0. The minimum atomic E-state index is -0.113. The molecule has 2 aliphatic carbocycles. The van der Waals surface area contributed by atoms with Gasteiger partial charge in [-0.15, -0.1) is 11.3 Å². The number of aryl methyl sites for hydroxylation is 1. The summed E-state index contributed by atoms with van der Waals surface area (Å²) in [5, 5.41) is 5.80. The SMILES string of the molecule is CCc1c(C(=O)NNC(=S)N[C@@H]2C[C@H]3CC[C@@H]2C3)csc1C. The number of carbonyl (C=O) groups excluding carboxylic acids is 1. The Morgan fingerprint density at radius 2 is 2.18 bits per heavy atom. The van der Waals surface area contributed by atoms with Gasteiger partial charge in [-0.25, -0.2) is 0 Å². The van der Waals surface area contributed by atoms with Crippen LogP contribution in [0.4, 0.5) is 0 Å². The Morgan fingerprint density at radius 1 is 1.36 bits per heavy atom. The Kier molecular flexibility index (Phi) is 4.68. The smallest absolute Gasteiger partial charge is 0.270 e. The van der Waals surface area contributed by atoms with Crippen molar-refractivity contribution in [2.75, 3.05) is 0 Å². The summed E-state index contributed by atoms with van der Waals surface area (Å²) >= 11 is 6.92. The molecule has 0 radical (unpaired) electrons. The summed E-state index contributed by atoms with van der Waals surface area (Å²) in [6, 6.07) is 0.477. The molecule has 0 aromatic carbocycles. The molecular formula is C16H23N3OS2. The fraction of sp³-hybridized carbons (Fsp3) is 0.625. The van der Waals surface area contributed by atoms with Crippen molar-refractivity contribution in [1.82, 2.24) is 16.2 Å². The predicted octanol–water partition coefficient (Wildman–Crippen LogP) is 2.92. The molecule has 3 atom stereocenters. The third-order valence-electron chi connectivity index (χ3n) is 5.05. The molecule has 1 heterocycles. The monoisotopic (exact) mass is 337 g/mol. The van der Waals surface area contributed by atoms with Crippen molar-refractivity contribution < 1.29 is 4.79 Å². The lowest BCUT2D eigenvalue weighted by molar-refractivity contribution is 0.0943. The molecule has 1 aromatic heterocycles. The number of amides is 1. The first kappa shape index (κ1) is 15.7. The summed E-state index contributed by atoms with van der Waals surface area (Å²) < 4.78 is 0. The zero-order chi connectivity index (χ0) is 15.7. The minimum Gasteiger partial charge on any atom is -0.358 e. The number of carbonyl (C=O) groups is 1. The fourth-order valence-electron chi connectivity index (χ4n) is 3.92. The van der Waals surface area contributed by atoms with Crippen LogP contribution in [0.15, 0.2) is 5.38 Å². The number of thiophene rings is 1. The summed E-state index contributed by atoms with van der Waals surface area (Å²) in [5.41, 5.74) is 7.44. The van der Waals surface area contributed by atoms with Crippen LogP contribution in [0, 0.1) is 18.8 Å². The van der Waals surface area contributed by atoms with E-state index in [1.807, 2.05) is 5.38 Å². The van der Waals surface area contributed by atoms with Gasteiger partial charge in [0.1, 0.15) is 0 Å². The van der Waals surface area contributed by atoms with Gasteiger partial charge in [-0.3, -0.25) is 15.6 Å². The van der Waals surface area contributed by atoms with Gasteiger partial charge < -0.3 is 5.32 Å². The lowest BCUT2D eigenvalue weighted by atomic mass is 9.96. The standard InChI is InChI=1S/C16H23N3OS2/c1-3-12-9(2)22-8-13(12)15(20)18-19-16(21)17-14-7-10-4-5-11(14)6-10/h8,10-11,14H,3-7H2,1-2H3,(H,18,20)(H2,17,19,21)/t10-,11+,14+/m0/s1. The molecule has 6 heteroatoms. The van der Waals surface area contributed by atoms with Gasteiger partial charge in [0, 0.05) is 16.3 Å². The molecule has 120 valence electrons. The molecule has 0 aliphatic heterocycles. The summed E-state index contributed by atoms with van der Waals surface area (Å²) in [5.74, 6) is 1.52. The summed E-state index contributed by atoms with van der Waals surface area (Å²) in [6.07, 6.45) is 6.10. The average Bonchev–Trinajstić information content (AvgIpc) is 3.19. The molecule has 2 bridgehead atoms. The molecule has 2 fully saturated rings. The van der Waals surface area contributed by atoms with Gasteiger partial charge >= 0.3 is 0 Å². The maximum atomic E-state index is 12.3. The van der Waals surface area contributed by atoms with Crippen LogP contribution in [0.1, 0.15) is 53.4 Å². The zero-order valence-electron chi connectivity index (χ0n) is 13.1. The second kappa shape index (κ2) is 6.54. The molecule has 3 N–H and O–H groups in total. The Bertz CT molecular complexity index is 584. The highest BCUT2D eigenvalue weighted by Crippen LogP contribution is 2.44. The van der Waals surface area contributed by atoms with Crippen LogP contribution in [0.2, 0.25) is 0 Å². The zero-order valence-corrected chi connectivity index (χ0v) is 14.7. The number of hydrogen-bond donors (Lipinski definition) is 3. The normalized spacial score (nSPS) is 26.0. The molecule has 3 rings (SSSR count). The van der Waals surface area contributed by atoms with E-state index in [-0.39, 0.29) is 5.91 Å². The van der Waals surface area contributed by atoms with E-state index >= 15 is 0 Å². The van der Waals surface area contributed by atoms with Crippen molar-refractivity contribution in [2.45, 2.75) is 52.0 Å². The van der Waals surface area contributed by atoms with E-state index in [4.69, 9.17) is 12.2 Å². The van der Waals surface area contributed by atoms with Crippen LogP contribution in [-0.2, 0) is 6.42 Å². The molecule has 0 saturated heterocycles. The van der Waals surface area contributed by atoms with Gasteiger partial charge in [-0.1, -0.05) is 13.3 Å². The lowest BCUT2D eigenvalue weighted by Gasteiger charge is -2.24. The van der Waals surface area contributed by atoms with Crippen LogP contribution >= 0.6 is 23.6 Å². The number of hydrogen-bond acceptors (Lipinski definition) is 3. The van der Waals surface area contributed by atoms with E-state index in [1.165, 1.54) is 30.6 Å². The van der Waals surface area contributed by atoms with Crippen molar-refractivity contribution in [3.05, 3.63) is 21.4 Å². The van der Waals surface area contributed by atoms with Gasteiger partial charge in [0.25, 0.3) is 5.91 Å². The van der Waals surface area contributed by atoms with E-state index in [0.717, 1.165) is 29.4 Å². The Labute approximate surface area is 141 Å². The molecule has 22 heavy (non-hydrogen) atoms. The number of nitrogens with one attached hydrogen (secondary N) is 3. The van der Waals surface area contributed by atoms with Crippen molar-refractivity contribution in [3.8, 4) is 0 Å². The number of rotatable bonds is 3. The first-order valence-electron chi connectivity index (χ1n) is 8.02. The quantitative estimate of drug-likeness (QED) is 0.586. The summed E-state index contributed by atoms with van der Waals surface area (Å²) in [6.45, 7) is 4.12. The Hall–Kier alpha value is -1.14. The largest absolute Gasteiger partial charge is 0.358 e. The van der Waals surface area contributed by atoms with Gasteiger partial charge in [0.05, 0.1) is 5.56 Å². The maximum Gasteiger partial charge on any atom is 0.270 e. The van der Waals surface area contributed by atoms with Crippen LogP contribution in [-0.4, -0.2) is 17.1 Å². The predicted molar refractivity (Wildman–Crippen MR) is 94.0 cm³/mol. The molecule has 2 aliphatic rings. The molecule has 1 aromatic rings. The van der Waals surface area contributed by atoms with Crippen molar-refractivity contribution in [1.29, 1.82) is 0 Å². The van der Waals surface area contributed by atoms with Crippen molar-refractivity contribution >= 4 is 34.6 Å². The van der Waals surface area contributed by atoms with Crippen LogP contribution in [0.3, 0.4) is 0 Å². The highest BCUT2D eigenvalue weighted by Gasteiger charge is 2.39. The molecule has 2 saturated carbocycles. The molecule has 4 nitrogen and oxygen atoms in total. The lowest BCUT2D eigenvalue weighted by Crippen LogP contribution is -2.50. The second-order valence-corrected chi connectivity index (χ2v) is 7.86. The third kappa shape index (κ3) is 3.13. The van der Waals surface area contributed by atoms with Crippen molar-refractivity contribution in [2.24, 2.45) is 11.8 Å².